The molecule has 0 aromatic carbocycles. The van der Waals surface area contributed by atoms with Crippen LogP contribution in [0, 0.1) is 0 Å². The first-order valence-electron chi connectivity index (χ1n) is 5.33. The average Bonchev–Trinajstić information content (AvgIpc) is 2.34. The molecule has 0 aliphatic carbocycles. The zero-order valence-electron chi connectivity index (χ0n) is 9.56. The van der Waals surface area contributed by atoms with Crippen molar-refractivity contribution in [2.24, 2.45) is 0 Å². The number of pyridine rings is 1. The van der Waals surface area contributed by atoms with Crippen molar-refractivity contribution in [1.82, 2.24) is 10.3 Å². The van der Waals surface area contributed by atoms with E-state index in [-0.39, 0.29) is 18.0 Å². The van der Waals surface area contributed by atoms with Crippen LogP contribution in [-0.4, -0.2) is 35.1 Å². The third-order valence-corrected chi connectivity index (χ3v) is 2.06. The predicted octanol–water partition coefficient (Wildman–Crippen LogP) is 0.718. The Balaban J connectivity index is 2.57. The summed E-state index contributed by atoms with van der Waals surface area (Å²) in [6.45, 7) is 2.62. The Labute approximate surface area is 99.1 Å². The lowest BCUT2D eigenvalue weighted by Crippen LogP contribution is -2.30. The first-order valence-corrected chi connectivity index (χ1v) is 5.33. The molecule has 1 aromatic heterocycles. The van der Waals surface area contributed by atoms with E-state index in [4.69, 9.17) is 5.11 Å². The fraction of sp³-hybridized carbons (Fsp3) is 0.364. The summed E-state index contributed by atoms with van der Waals surface area (Å²) in [6.07, 6.45) is 3.58. The van der Waals surface area contributed by atoms with Gasteiger partial charge in [-0.25, -0.2) is 4.79 Å². The fourth-order valence-electron chi connectivity index (χ4n) is 1.22. The highest BCUT2D eigenvalue weighted by molar-refractivity contribution is 5.94. The van der Waals surface area contributed by atoms with Gasteiger partial charge in [0, 0.05) is 18.9 Å². The van der Waals surface area contributed by atoms with Crippen LogP contribution in [0.5, 0.6) is 0 Å². The number of aromatic nitrogens is 1. The lowest BCUT2D eigenvalue weighted by molar-refractivity contribution is -0.119. The van der Waals surface area contributed by atoms with Gasteiger partial charge in [0.2, 0.25) is 5.91 Å². The number of hydrogen-bond donors (Lipinski definition) is 3. The maximum absolute atomic E-state index is 11.3. The quantitative estimate of drug-likeness (QED) is 0.678. The minimum Gasteiger partial charge on any atom is -0.478 e. The van der Waals surface area contributed by atoms with Crippen molar-refractivity contribution in [2.75, 3.05) is 18.4 Å². The molecule has 1 rings (SSSR count). The van der Waals surface area contributed by atoms with Crippen LogP contribution in [0.25, 0.3) is 0 Å². The van der Waals surface area contributed by atoms with Crippen LogP contribution >= 0.6 is 0 Å². The average molecular weight is 237 g/mol. The van der Waals surface area contributed by atoms with E-state index in [9.17, 15) is 9.59 Å². The summed E-state index contributed by atoms with van der Waals surface area (Å²) in [5.74, 6) is -1.24. The molecule has 17 heavy (non-hydrogen) atoms. The Morgan fingerprint density at radius 2 is 2.24 bits per heavy atom. The number of anilines is 1. The monoisotopic (exact) mass is 237 g/mol. The van der Waals surface area contributed by atoms with E-state index in [1.807, 2.05) is 6.92 Å². The predicted molar refractivity (Wildman–Crippen MR) is 63.0 cm³/mol. The molecule has 0 saturated heterocycles. The van der Waals surface area contributed by atoms with Crippen molar-refractivity contribution < 1.29 is 14.7 Å². The lowest BCUT2D eigenvalue weighted by Gasteiger charge is -2.08. The van der Waals surface area contributed by atoms with E-state index in [2.05, 4.69) is 15.6 Å². The Kier molecular flexibility index (Phi) is 4.93. The summed E-state index contributed by atoms with van der Waals surface area (Å²) in [4.78, 5) is 25.9. The van der Waals surface area contributed by atoms with E-state index < -0.39 is 5.97 Å². The normalized spacial score (nSPS) is 9.71. The number of hydrogen-bond acceptors (Lipinski definition) is 4. The Hall–Kier alpha value is -2.11. The van der Waals surface area contributed by atoms with E-state index >= 15 is 0 Å². The number of amides is 1. The van der Waals surface area contributed by atoms with Crippen molar-refractivity contribution in [2.45, 2.75) is 13.3 Å². The van der Waals surface area contributed by atoms with Crippen LogP contribution in [0.3, 0.4) is 0 Å². The summed E-state index contributed by atoms with van der Waals surface area (Å²) >= 11 is 0. The number of carboxylic acids is 1. The van der Waals surface area contributed by atoms with E-state index in [0.717, 1.165) is 6.42 Å². The van der Waals surface area contributed by atoms with Gasteiger partial charge in [0.05, 0.1) is 12.2 Å². The number of nitrogens with zero attached hydrogens (tertiary/aromatic N) is 1. The van der Waals surface area contributed by atoms with Gasteiger partial charge in [-0.05, 0) is 12.5 Å². The number of nitrogens with one attached hydrogen (secondary N) is 2. The molecule has 0 aliphatic heterocycles. The second kappa shape index (κ2) is 6.47. The Morgan fingerprint density at radius 3 is 2.88 bits per heavy atom. The van der Waals surface area contributed by atoms with Gasteiger partial charge < -0.3 is 15.7 Å². The minimum atomic E-state index is -1.07. The molecule has 0 atom stereocenters. The second-order valence-corrected chi connectivity index (χ2v) is 3.43. The summed E-state index contributed by atoms with van der Waals surface area (Å²) in [5.41, 5.74) is 0.440. The molecule has 1 heterocycles. The third-order valence-electron chi connectivity index (χ3n) is 2.06. The smallest absolute Gasteiger partial charge is 0.339 e. The third kappa shape index (κ3) is 4.10. The Bertz CT molecular complexity index is 407. The highest BCUT2D eigenvalue weighted by atomic mass is 16.4. The Morgan fingerprint density at radius 1 is 1.47 bits per heavy atom. The van der Waals surface area contributed by atoms with E-state index in [0.29, 0.717) is 12.2 Å². The van der Waals surface area contributed by atoms with Crippen LogP contribution in [0.1, 0.15) is 23.7 Å². The molecule has 0 aliphatic rings. The molecule has 0 spiro atoms. The number of carbonyl (C=O) groups excluding carboxylic acids is 1. The molecule has 3 N–H and O–H groups in total. The molecule has 0 bridgehead atoms. The highest BCUT2D eigenvalue weighted by Gasteiger charge is 2.10. The number of aromatic carboxylic acids is 1. The number of carboxylic acid groups (broad SMARTS) is 1. The maximum atomic E-state index is 11.3. The molecule has 0 saturated carbocycles. The summed E-state index contributed by atoms with van der Waals surface area (Å²) in [6, 6.07) is 1.52. The maximum Gasteiger partial charge on any atom is 0.339 e. The van der Waals surface area contributed by atoms with Gasteiger partial charge in [-0.2, -0.15) is 0 Å². The molecule has 0 radical (unpaired) electrons. The molecule has 0 fully saturated rings. The van der Waals surface area contributed by atoms with Crippen molar-refractivity contribution in [3.63, 3.8) is 0 Å². The summed E-state index contributed by atoms with van der Waals surface area (Å²) in [7, 11) is 0. The van der Waals surface area contributed by atoms with Crippen LogP contribution < -0.4 is 10.6 Å². The zero-order valence-corrected chi connectivity index (χ0v) is 9.56. The first-order chi connectivity index (χ1) is 8.15. The van der Waals surface area contributed by atoms with Gasteiger partial charge in [-0.3, -0.25) is 9.78 Å². The second-order valence-electron chi connectivity index (χ2n) is 3.43. The topological polar surface area (TPSA) is 91.3 Å². The lowest BCUT2D eigenvalue weighted by atomic mass is 10.2. The number of rotatable bonds is 6. The van der Waals surface area contributed by atoms with Crippen LogP contribution in [0.4, 0.5) is 5.69 Å². The zero-order chi connectivity index (χ0) is 12.7. The standard InChI is InChI=1S/C11H15N3O3/c1-2-4-13-10(15)7-14-9-3-5-12-6-8(9)11(16)17/h3,5-6H,2,4,7H2,1H3,(H,12,14)(H,13,15)(H,16,17). The van der Waals surface area contributed by atoms with Crippen LogP contribution in [0.15, 0.2) is 18.5 Å². The van der Waals surface area contributed by atoms with Gasteiger partial charge in [0.15, 0.2) is 0 Å². The van der Waals surface area contributed by atoms with Crippen LogP contribution in [-0.2, 0) is 4.79 Å². The van der Waals surface area contributed by atoms with Gasteiger partial charge in [-0.1, -0.05) is 6.92 Å². The van der Waals surface area contributed by atoms with E-state index in [1.165, 1.54) is 18.5 Å². The SMILES string of the molecule is CCCNC(=O)CNc1ccncc1C(=O)O. The molecule has 92 valence electrons. The highest BCUT2D eigenvalue weighted by Crippen LogP contribution is 2.12. The molecular weight excluding hydrogens is 222 g/mol. The van der Waals surface area contributed by atoms with Crippen molar-refractivity contribution >= 4 is 17.6 Å². The largest absolute Gasteiger partial charge is 0.478 e. The van der Waals surface area contributed by atoms with E-state index in [1.54, 1.807) is 0 Å². The fourth-order valence-corrected chi connectivity index (χ4v) is 1.22. The molecular formula is C11H15N3O3. The van der Waals surface area contributed by atoms with Crippen LogP contribution in [0.2, 0.25) is 0 Å². The molecule has 1 amide bonds. The molecule has 0 unspecified atom stereocenters. The molecule has 6 nitrogen and oxygen atoms in total. The van der Waals surface area contributed by atoms with Gasteiger partial charge in [0.25, 0.3) is 0 Å². The van der Waals surface area contributed by atoms with Crippen molar-refractivity contribution in [3.05, 3.63) is 24.0 Å². The summed E-state index contributed by atoms with van der Waals surface area (Å²) < 4.78 is 0. The molecule has 1 aromatic rings. The van der Waals surface area contributed by atoms with Crippen molar-refractivity contribution in [3.8, 4) is 0 Å². The number of carbonyl (C=O) groups is 2. The van der Waals surface area contributed by atoms with Gasteiger partial charge >= 0.3 is 5.97 Å². The summed E-state index contributed by atoms with van der Waals surface area (Å²) in [5, 5.41) is 14.3. The molecule has 6 heteroatoms. The minimum absolute atomic E-state index is 0.0459. The van der Waals surface area contributed by atoms with Crippen molar-refractivity contribution in [1.29, 1.82) is 0 Å². The van der Waals surface area contributed by atoms with Gasteiger partial charge in [-0.15, -0.1) is 0 Å². The van der Waals surface area contributed by atoms with Gasteiger partial charge in [0.1, 0.15) is 5.56 Å². The first kappa shape index (κ1) is 13.0.